The highest BCUT2D eigenvalue weighted by Gasteiger charge is 2.43. The molecular formula is C52H46N4O4. The smallest absolute Gasteiger partial charge is 0.268 e. The summed E-state index contributed by atoms with van der Waals surface area (Å²) in [5, 5.41) is 1.70. The third-order valence-corrected chi connectivity index (χ3v) is 12.3. The molecule has 0 aromatic heterocycles. The van der Waals surface area contributed by atoms with E-state index < -0.39 is 0 Å². The highest BCUT2D eigenvalue weighted by atomic mass is 16.2. The Morgan fingerprint density at radius 3 is 1.32 bits per heavy atom. The average molecular weight is 791 g/mol. The van der Waals surface area contributed by atoms with Crippen molar-refractivity contribution in [3.63, 3.8) is 0 Å². The molecule has 6 aromatic rings. The normalized spacial score (nSPS) is 14.4. The number of nitrogens with zero attached hydrogens (tertiary/aromatic N) is 4. The quantitative estimate of drug-likeness (QED) is 0.122. The van der Waals surface area contributed by atoms with Crippen LogP contribution in [0, 0.1) is 6.92 Å². The fourth-order valence-electron chi connectivity index (χ4n) is 9.20. The lowest BCUT2D eigenvalue weighted by Crippen LogP contribution is -2.30. The molecule has 2 heterocycles. The average Bonchev–Trinajstić information content (AvgIpc) is 3.98. The van der Waals surface area contributed by atoms with Crippen LogP contribution in [0.25, 0.3) is 38.6 Å². The SMILES string of the molecule is CCN(CC)c1ccc(-c2ccc(-c3ccc(N(CC)CC)c4c3C(=O)N(c3ccc(C5=CCC=C5)cc3)C4=O)c3ccccc23)c2c1C(=O)N(c1ccc(C)cc1)C2=O. The maximum absolute atomic E-state index is 14.8. The van der Waals surface area contributed by atoms with E-state index in [0.717, 1.165) is 56.4 Å². The minimum absolute atomic E-state index is 0.345. The number of hydrogen-bond donors (Lipinski definition) is 0. The molecular weight excluding hydrogens is 745 g/mol. The van der Waals surface area contributed by atoms with Crippen LogP contribution >= 0.6 is 0 Å². The van der Waals surface area contributed by atoms with Crippen LogP contribution in [0.1, 0.15) is 86.7 Å². The van der Waals surface area contributed by atoms with Crippen LogP contribution in [0.15, 0.2) is 127 Å². The molecule has 3 aliphatic rings. The van der Waals surface area contributed by atoms with E-state index in [1.807, 2.05) is 144 Å². The summed E-state index contributed by atoms with van der Waals surface area (Å²) >= 11 is 0. The minimum Gasteiger partial charge on any atom is -0.371 e. The maximum atomic E-state index is 14.8. The molecule has 298 valence electrons. The second-order valence-electron chi connectivity index (χ2n) is 15.4. The maximum Gasteiger partial charge on any atom is 0.268 e. The molecule has 0 saturated heterocycles. The number of fused-ring (bicyclic) bond motifs is 3. The summed E-state index contributed by atoms with van der Waals surface area (Å²) in [6.45, 7) is 12.8. The Hall–Kier alpha value is -7.06. The Labute approximate surface area is 350 Å². The van der Waals surface area contributed by atoms with Gasteiger partial charge in [-0.2, -0.15) is 0 Å². The molecule has 8 nitrogen and oxygen atoms in total. The molecule has 0 fully saturated rings. The molecule has 0 unspecified atom stereocenters. The Bertz CT molecular complexity index is 2830. The summed E-state index contributed by atoms with van der Waals surface area (Å²) in [5.41, 5.74) is 10.1. The van der Waals surface area contributed by atoms with Crippen LogP contribution in [0.4, 0.5) is 22.7 Å². The van der Waals surface area contributed by atoms with E-state index in [0.29, 0.717) is 70.9 Å². The van der Waals surface area contributed by atoms with Crippen molar-refractivity contribution in [3.05, 3.63) is 161 Å². The number of aryl methyl sites for hydroxylation is 1. The van der Waals surface area contributed by atoms with Crippen LogP contribution in [0.3, 0.4) is 0 Å². The van der Waals surface area contributed by atoms with Gasteiger partial charge in [-0.05, 0) is 122 Å². The Kier molecular flexibility index (Phi) is 9.79. The van der Waals surface area contributed by atoms with Crippen molar-refractivity contribution in [2.24, 2.45) is 0 Å². The third kappa shape index (κ3) is 5.96. The van der Waals surface area contributed by atoms with Gasteiger partial charge < -0.3 is 9.80 Å². The fourth-order valence-corrected chi connectivity index (χ4v) is 9.20. The standard InChI is InChI=1S/C52H46N4O4/c1-6-53(7-2)43-30-28-41(45-47(43)51(59)55(49(45)57)35-22-18-32(5)19-23-35)39-26-27-40(38-17-13-12-16-37(38)39)42-29-31-44(54(8-3)9-4)48-46(42)50(58)56(52(48)60)36-24-20-34(21-25-36)33-14-10-11-15-33/h10,12-31H,6-9,11H2,1-5H3. The first-order valence-corrected chi connectivity index (χ1v) is 20.9. The summed E-state index contributed by atoms with van der Waals surface area (Å²) in [4.78, 5) is 65.3. The van der Waals surface area contributed by atoms with Crippen LogP contribution in [0.2, 0.25) is 0 Å². The number of benzene rings is 6. The first kappa shape index (κ1) is 38.5. The van der Waals surface area contributed by atoms with E-state index >= 15 is 0 Å². The second-order valence-corrected chi connectivity index (χ2v) is 15.4. The number of amides is 4. The van der Waals surface area contributed by atoms with E-state index in [4.69, 9.17) is 0 Å². The zero-order valence-corrected chi connectivity index (χ0v) is 34.6. The molecule has 0 saturated carbocycles. The topological polar surface area (TPSA) is 81.2 Å². The lowest BCUT2D eigenvalue weighted by molar-refractivity contribution is 0.0910. The monoisotopic (exact) mass is 790 g/mol. The molecule has 8 heteroatoms. The van der Waals surface area contributed by atoms with E-state index in [1.54, 1.807) is 0 Å². The molecule has 9 rings (SSSR count). The molecule has 0 atom stereocenters. The summed E-state index contributed by atoms with van der Waals surface area (Å²) in [5.74, 6) is -1.43. The summed E-state index contributed by atoms with van der Waals surface area (Å²) in [7, 11) is 0. The number of rotatable bonds is 11. The second kappa shape index (κ2) is 15.3. The number of imide groups is 2. The van der Waals surface area contributed by atoms with Gasteiger partial charge in [0, 0.05) is 26.2 Å². The zero-order chi connectivity index (χ0) is 41.8. The molecule has 6 aromatic carbocycles. The molecule has 60 heavy (non-hydrogen) atoms. The van der Waals surface area contributed by atoms with Gasteiger partial charge in [-0.3, -0.25) is 19.2 Å². The van der Waals surface area contributed by atoms with Gasteiger partial charge in [0.15, 0.2) is 0 Å². The molecule has 0 radical (unpaired) electrons. The molecule has 0 bridgehead atoms. The lowest BCUT2D eigenvalue weighted by atomic mass is 9.87. The van der Waals surface area contributed by atoms with Crippen molar-refractivity contribution in [1.29, 1.82) is 0 Å². The summed E-state index contributed by atoms with van der Waals surface area (Å²) in [6.07, 6.45) is 7.23. The van der Waals surface area contributed by atoms with Gasteiger partial charge in [0.05, 0.1) is 45.0 Å². The summed E-state index contributed by atoms with van der Waals surface area (Å²) < 4.78 is 0. The number of allylic oxidation sites excluding steroid dienone is 4. The predicted molar refractivity (Wildman–Crippen MR) is 244 cm³/mol. The van der Waals surface area contributed by atoms with Gasteiger partial charge >= 0.3 is 0 Å². The van der Waals surface area contributed by atoms with Crippen molar-refractivity contribution in [2.75, 3.05) is 45.8 Å². The van der Waals surface area contributed by atoms with E-state index in [2.05, 4.69) is 28.0 Å². The van der Waals surface area contributed by atoms with Crippen LogP contribution in [0.5, 0.6) is 0 Å². The van der Waals surface area contributed by atoms with Gasteiger partial charge in [0.25, 0.3) is 23.6 Å². The first-order chi connectivity index (χ1) is 29.2. The van der Waals surface area contributed by atoms with Gasteiger partial charge in [0.1, 0.15) is 0 Å². The highest BCUT2D eigenvalue weighted by Crippen LogP contribution is 2.46. The van der Waals surface area contributed by atoms with Crippen molar-refractivity contribution in [1.82, 2.24) is 0 Å². The van der Waals surface area contributed by atoms with Crippen molar-refractivity contribution in [3.8, 4) is 22.3 Å². The van der Waals surface area contributed by atoms with Gasteiger partial charge in [-0.1, -0.05) is 96.6 Å². The molecule has 4 amide bonds. The van der Waals surface area contributed by atoms with Gasteiger partial charge in [-0.25, -0.2) is 9.80 Å². The van der Waals surface area contributed by atoms with Crippen molar-refractivity contribution >= 4 is 62.7 Å². The molecule has 0 N–H and O–H groups in total. The van der Waals surface area contributed by atoms with Crippen molar-refractivity contribution < 1.29 is 19.2 Å². The van der Waals surface area contributed by atoms with E-state index in [-0.39, 0.29) is 23.6 Å². The molecule has 2 aliphatic heterocycles. The number of anilines is 4. The summed E-state index contributed by atoms with van der Waals surface area (Å²) in [6, 6.07) is 34.8. The molecule has 1 aliphatic carbocycles. The third-order valence-electron chi connectivity index (χ3n) is 12.3. The van der Waals surface area contributed by atoms with Crippen LogP contribution in [-0.2, 0) is 0 Å². The Balaban J connectivity index is 1.21. The fraction of sp³-hybridized carbons (Fsp3) is 0.192. The number of carbonyl (C=O) groups is 4. The van der Waals surface area contributed by atoms with E-state index in [1.165, 1.54) is 9.80 Å². The van der Waals surface area contributed by atoms with E-state index in [9.17, 15) is 19.2 Å². The van der Waals surface area contributed by atoms with Gasteiger partial charge in [0.2, 0.25) is 0 Å². The zero-order valence-electron chi connectivity index (χ0n) is 34.6. The highest BCUT2D eigenvalue weighted by molar-refractivity contribution is 6.39. The number of hydrogen-bond acceptors (Lipinski definition) is 6. The molecule has 0 spiro atoms. The lowest BCUT2D eigenvalue weighted by Gasteiger charge is -2.24. The first-order valence-electron chi connectivity index (χ1n) is 20.9. The van der Waals surface area contributed by atoms with Crippen LogP contribution in [-0.4, -0.2) is 49.8 Å². The predicted octanol–water partition coefficient (Wildman–Crippen LogP) is 11.1. The van der Waals surface area contributed by atoms with Crippen LogP contribution < -0.4 is 19.6 Å². The van der Waals surface area contributed by atoms with Crippen molar-refractivity contribution in [2.45, 2.75) is 41.0 Å². The Morgan fingerprint density at radius 2 is 0.900 bits per heavy atom. The Morgan fingerprint density at radius 1 is 0.483 bits per heavy atom. The minimum atomic E-state index is -0.370. The largest absolute Gasteiger partial charge is 0.371 e. The number of carbonyl (C=O) groups excluding carboxylic acids is 4. The van der Waals surface area contributed by atoms with Gasteiger partial charge in [-0.15, -0.1) is 0 Å².